The third kappa shape index (κ3) is 4.33. The Bertz CT molecular complexity index is 403. The Kier molecular flexibility index (Phi) is 3.73. The Hall–Kier alpha value is -1.04. The minimum atomic E-state index is -2.84. The van der Waals surface area contributed by atoms with Crippen molar-refractivity contribution < 1.29 is 8.42 Å². The van der Waals surface area contributed by atoms with E-state index < -0.39 is 9.84 Å². The highest BCUT2D eigenvalue weighted by atomic mass is 32.2. The van der Waals surface area contributed by atoms with E-state index in [9.17, 15) is 8.42 Å². The van der Waals surface area contributed by atoms with Crippen molar-refractivity contribution >= 4 is 15.5 Å². The Morgan fingerprint density at radius 1 is 1.47 bits per heavy atom. The van der Waals surface area contributed by atoms with Gasteiger partial charge in [-0.25, -0.2) is 8.42 Å². The summed E-state index contributed by atoms with van der Waals surface area (Å²) in [5.41, 5.74) is 7.13. The molecule has 0 atom stereocenters. The smallest absolute Gasteiger partial charge is 0.147 e. The number of aryl methyl sites for hydroxylation is 2. The Morgan fingerprint density at radius 3 is 2.60 bits per heavy atom. The van der Waals surface area contributed by atoms with Crippen molar-refractivity contribution in [1.82, 2.24) is 9.78 Å². The number of nitrogens with two attached hydrogens (primary N) is 1. The number of sulfone groups is 1. The predicted molar refractivity (Wildman–Crippen MR) is 60.3 cm³/mol. The first kappa shape index (κ1) is 12.0. The molecule has 1 aromatic rings. The van der Waals surface area contributed by atoms with Crippen molar-refractivity contribution in [2.75, 3.05) is 17.7 Å². The second kappa shape index (κ2) is 4.65. The van der Waals surface area contributed by atoms with Gasteiger partial charge < -0.3 is 5.73 Å². The Balaban J connectivity index is 2.32. The lowest BCUT2D eigenvalue weighted by Gasteiger charge is -2.00. The van der Waals surface area contributed by atoms with Crippen LogP contribution in [-0.2, 0) is 16.4 Å². The molecule has 0 spiro atoms. The van der Waals surface area contributed by atoms with E-state index in [1.807, 2.05) is 6.92 Å². The molecule has 5 nitrogen and oxygen atoms in total. The second-order valence-electron chi connectivity index (χ2n) is 3.77. The van der Waals surface area contributed by atoms with Gasteiger partial charge in [0.25, 0.3) is 0 Å². The first-order valence-electron chi connectivity index (χ1n) is 4.86. The molecule has 6 heteroatoms. The molecule has 0 aliphatic rings. The summed E-state index contributed by atoms with van der Waals surface area (Å²) in [4.78, 5) is 0. The third-order valence-electron chi connectivity index (χ3n) is 2.14. The maximum atomic E-state index is 10.9. The van der Waals surface area contributed by atoms with Crippen LogP contribution < -0.4 is 5.73 Å². The molecule has 0 saturated carbocycles. The largest absolute Gasteiger partial charge is 0.396 e. The van der Waals surface area contributed by atoms with E-state index in [1.54, 1.807) is 10.9 Å². The number of aromatic nitrogens is 2. The van der Waals surface area contributed by atoms with Gasteiger partial charge in [-0.05, 0) is 19.8 Å². The number of hydrogen-bond acceptors (Lipinski definition) is 4. The fourth-order valence-corrected chi connectivity index (χ4v) is 2.01. The summed E-state index contributed by atoms with van der Waals surface area (Å²) < 4.78 is 23.5. The zero-order chi connectivity index (χ0) is 11.5. The van der Waals surface area contributed by atoms with Gasteiger partial charge in [-0.1, -0.05) is 0 Å². The Morgan fingerprint density at radius 2 is 2.13 bits per heavy atom. The number of nitrogen functional groups attached to an aromatic ring is 1. The van der Waals surface area contributed by atoms with Crippen LogP contribution in [0.1, 0.15) is 18.5 Å². The van der Waals surface area contributed by atoms with Crippen LogP contribution in [0, 0.1) is 6.92 Å². The van der Waals surface area contributed by atoms with Crippen molar-refractivity contribution in [1.29, 1.82) is 0 Å². The van der Waals surface area contributed by atoms with Gasteiger partial charge in [-0.3, -0.25) is 4.68 Å². The van der Waals surface area contributed by atoms with Gasteiger partial charge in [0.2, 0.25) is 0 Å². The van der Waals surface area contributed by atoms with Crippen LogP contribution in [0.3, 0.4) is 0 Å². The molecule has 0 aliphatic carbocycles. The molecule has 1 rings (SSSR count). The lowest BCUT2D eigenvalue weighted by molar-refractivity contribution is 0.559. The van der Waals surface area contributed by atoms with Crippen LogP contribution in [0.5, 0.6) is 0 Å². The molecule has 15 heavy (non-hydrogen) atoms. The first-order chi connectivity index (χ1) is 6.88. The summed E-state index contributed by atoms with van der Waals surface area (Å²) >= 11 is 0. The molecule has 0 aromatic carbocycles. The number of rotatable bonds is 5. The molecule has 0 fully saturated rings. The summed E-state index contributed by atoms with van der Waals surface area (Å²) in [6.07, 6.45) is 4.49. The van der Waals surface area contributed by atoms with Crippen molar-refractivity contribution in [2.45, 2.75) is 26.3 Å². The summed E-state index contributed by atoms with van der Waals surface area (Å²) in [5.74, 6) is 0.239. The van der Waals surface area contributed by atoms with Crippen LogP contribution in [0.25, 0.3) is 0 Å². The molecule has 0 aliphatic heterocycles. The molecule has 0 amide bonds. The minimum Gasteiger partial charge on any atom is -0.396 e. The lowest BCUT2D eigenvalue weighted by atomic mass is 10.3. The molecule has 2 N–H and O–H groups in total. The van der Waals surface area contributed by atoms with Gasteiger partial charge in [-0.2, -0.15) is 5.10 Å². The molecule has 0 saturated heterocycles. The van der Waals surface area contributed by atoms with Crippen LogP contribution in [0.15, 0.2) is 6.20 Å². The van der Waals surface area contributed by atoms with Gasteiger partial charge >= 0.3 is 0 Å². The quantitative estimate of drug-likeness (QED) is 0.753. The van der Waals surface area contributed by atoms with Crippen molar-refractivity contribution in [3.8, 4) is 0 Å². The van der Waals surface area contributed by atoms with Gasteiger partial charge in [-0.15, -0.1) is 0 Å². The fraction of sp³-hybridized carbons (Fsp3) is 0.667. The zero-order valence-electron chi connectivity index (χ0n) is 9.10. The normalized spacial score (nSPS) is 11.9. The highest BCUT2D eigenvalue weighted by Crippen LogP contribution is 2.07. The number of nitrogens with zero attached hydrogens (tertiary/aromatic N) is 2. The van der Waals surface area contributed by atoms with Gasteiger partial charge in [0.15, 0.2) is 0 Å². The fourth-order valence-electron chi connectivity index (χ4n) is 1.29. The topological polar surface area (TPSA) is 78.0 Å². The lowest BCUT2D eigenvalue weighted by Crippen LogP contribution is -2.05. The SMILES string of the molecule is Cc1nn(CCCCS(C)(=O)=O)cc1N. The van der Waals surface area contributed by atoms with Crippen molar-refractivity contribution in [3.63, 3.8) is 0 Å². The molecular weight excluding hydrogens is 214 g/mol. The van der Waals surface area contributed by atoms with Crippen molar-refractivity contribution in [2.24, 2.45) is 0 Å². The van der Waals surface area contributed by atoms with Crippen LogP contribution in [0.4, 0.5) is 5.69 Å². The van der Waals surface area contributed by atoms with E-state index >= 15 is 0 Å². The molecule has 1 aromatic heterocycles. The standard InChI is InChI=1S/C9H17N3O2S/c1-8-9(10)7-12(11-8)5-3-4-6-15(2,13)14/h7H,3-6,10H2,1-2H3. The summed E-state index contributed by atoms with van der Waals surface area (Å²) in [7, 11) is -2.84. The molecule has 0 unspecified atom stereocenters. The first-order valence-corrected chi connectivity index (χ1v) is 6.92. The number of anilines is 1. The third-order valence-corrected chi connectivity index (χ3v) is 3.17. The van der Waals surface area contributed by atoms with E-state index in [-0.39, 0.29) is 5.75 Å². The number of unbranched alkanes of at least 4 members (excludes halogenated alkanes) is 1. The second-order valence-corrected chi connectivity index (χ2v) is 6.03. The predicted octanol–water partition coefficient (Wildman–Crippen LogP) is 0.599. The minimum absolute atomic E-state index is 0.239. The van der Waals surface area contributed by atoms with Gasteiger partial charge in [0.1, 0.15) is 9.84 Å². The van der Waals surface area contributed by atoms with E-state index in [2.05, 4.69) is 5.10 Å². The Labute approximate surface area is 90.2 Å². The van der Waals surface area contributed by atoms with Gasteiger partial charge in [0.05, 0.1) is 11.4 Å². The van der Waals surface area contributed by atoms with Crippen molar-refractivity contribution in [3.05, 3.63) is 11.9 Å². The average molecular weight is 231 g/mol. The summed E-state index contributed by atoms with van der Waals surface area (Å²) in [6, 6.07) is 0. The van der Waals surface area contributed by atoms with Crippen LogP contribution >= 0.6 is 0 Å². The molecular formula is C9H17N3O2S. The highest BCUT2D eigenvalue weighted by Gasteiger charge is 2.03. The summed E-state index contributed by atoms with van der Waals surface area (Å²) in [5, 5.41) is 4.19. The van der Waals surface area contributed by atoms with E-state index in [0.29, 0.717) is 18.7 Å². The maximum absolute atomic E-state index is 10.9. The average Bonchev–Trinajstić information content (AvgIpc) is 2.39. The maximum Gasteiger partial charge on any atom is 0.147 e. The molecule has 0 bridgehead atoms. The monoisotopic (exact) mass is 231 g/mol. The summed E-state index contributed by atoms with van der Waals surface area (Å²) in [6.45, 7) is 2.57. The number of hydrogen-bond donors (Lipinski definition) is 1. The van der Waals surface area contributed by atoms with E-state index in [1.165, 1.54) is 6.26 Å². The van der Waals surface area contributed by atoms with Crippen LogP contribution in [0.2, 0.25) is 0 Å². The van der Waals surface area contributed by atoms with E-state index in [0.717, 1.165) is 12.1 Å². The highest BCUT2D eigenvalue weighted by molar-refractivity contribution is 7.90. The molecule has 86 valence electrons. The van der Waals surface area contributed by atoms with E-state index in [4.69, 9.17) is 5.73 Å². The van der Waals surface area contributed by atoms with Gasteiger partial charge in [0, 0.05) is 24.8 Å². The van der Waals surface area contributed by atoms with Crippen LogP contribution in [-0.4, -0.2) is 30.2 Å². The molecule has 0 radical (unpaired) electrons. The zero-order valence-corrected chi connectivity index (χ0v) is 9.92. The molecule has 1 heterocycles.